The van der Waals surface area contributed by atoms with E-state index in [4.69, 9.17) is 11.6 Å². The largest absolute Gasteiger partial charge is 0.417 e. The first-order chi connectivity index (χ1) is 11.0. The van der Waals surface area contributed by atoms with Gasteiger partial charge in [-0.25, -0.2) is 0 Å². The van der Waals surface area contributed by atoms with Crippen molar-refractivity contribution in [1.29, 1.82) is 0 Å². The Morgan fingerprint density at radius 2 is 1.75 bits per heavy atom. The summed E-state index contributed by atoms with van der Waals surface area (Å²) >= 11 is 6.22. The molecule has 0 aromatic heterocycles. The van der Waals surface area contributed by atoms with Gasteiger partial charge in [0.1, 0.15) is 0 Å². The highest BCUT2D eigenvalue weighted by atomic mass is 35.5. The molecule has 1 aliphatic heterocycles. The lowest BCUT2D eigenvalue weighted by Gasteiger charge is -2.39. The first-order valence-corrected chi connectivity index (χ1v) is 8.66. The van der Waals surface area contributed by atoms with E-state index in [1.807, 2.05) is 0 Å². The van der Waals surface area contributed by atoms with E-state index in [9.17, 15) is 13.2 Å². The fourth-order valence-corrected chi connectivity index (χ4v) is 4.32. The average Bonchev–Trinajstić information content (AvgIpc) is 3.03. The smallest absolute Gasteiger partial charge is 0.314 e. The molecule has 1 aliphatic carbocycles. The van der Waals surface area contributed by atoms with Crippen LogP contribution < -0.4 is 5.32 Å². The fourth-order valence-electron chi connectivity index (χ4n) is 3.98. The summed E-state index contributed by atoms with van der Waals surface area (Å²) in [5.41, 5.74) is -0.0647. The lowest BCUT2D eigenvalue weighted by atomic mass is 9.88. The van der Waals surface area contributed by atoms with Crippen molar-refractivity contribution >= 4 is 24.0 Å². The van der Waals surface area contributed by atoms with E-state index in [2.05, 4.69) is 10.2 Å². The Labute approximate surface area is 152 Å². The number of nitrogens with zero attached hydrogens (tertiary/aromatic N) is 1. The fraction of sp³-hybridized carbons (Fsp3) is 0.647. The van der Waals surface area contributed by atoms with E-state index in [1.165, 1.54) is 6.07 Å². The zero-order valence-corrected chi connectivity index (χ0v) is 15.0. The van der Waals surface area contributed by atoms with E-state index >= 15 is 0 Å². The van der Waals surface area contributed by atoms with Crippen LogP contribution in [0.1, 0.15) is 42.9 Å². The standard InChI is InChI=1S/C17H22ClF3N2.ClH/c18-15-13(6-3-7-14(15)17(19,20)21)16(12-4-1-2-5-12)23-10-8-22-9-11-23;/h3,6-7,12,16,22H,1-2,4-5,8-11H2;1H/t16-;/m0./s1. The number of rotatable bonds is 3. The van der Waals surface area contributed by atoms with Gasteiger partial charge in [-0.15, -0.1) is 12.4 Å². The molecule has 2 nitrogen and oxygen atoms in total. The van der Waals surface area contributed by atoms with Gasteiger partial charge >= 0.3 is 6.18 Å². The van der Waals surface area contributed by atoms with Gasteiger partial charge < -0.3 is 5.32 Å². The minimum Gasteiger partial charge on any atom is -0.314 e. The van der Waals surface area contributed by atoms with Crippen molar-refractivity contribution < 1.29 is 13.2 Å². The van der Waals surface area contributed by atoms with E-state index in [0.717, 1.165) is 57.9 Å². The quantitative estimate of drug-likeness (QED) is 0.797. The lowest BCUT2D eigenvalue weighted by molar-refractivity contribution is -0.137. The van der Waals surface area contributed by atoms with Gasteiger partial charge in [-0.2, -0.15) is 13.2 Å². The van der Waals surface area contributed by atoms with Crippen LogP contribution in [0.2, 0.25) is 5.02 Å². The van der Waals surface area contributed by atoms with Crippen molar-refractivity contribution in [2.75, 3.05) is 26.2 Å². The number of alkyl halides is 3. The average molecular weight is 383 g/mol. The third-order valence-electron chi connectivity index (χ3n) is 5.04. The van der Waals surface area contributed by atoms with Gasteiger partial charge in [0.2, 0.25) is 0 Å². The third kappa shape index (κ3) is 4.18. The Bertz CT molecular complexity index is 539. The number of nitrogens with one attached hydrogen (secondary N) is 1. The molecule has 1 saturated heterocycles. The molecule has 0 radical (unpaired) electrons. The van der Waals surface area contributed by atoms with E-state index in [1.54, 1.807) is 6.07 Å². The number of hydrogen-bond acceptors (Lipinski definition) is 2. The Balaban J connectivity index is 0.00000208. The molecule has 7 heteroatoms. The van der Waals surface area contributed by atoms with Crippen molar-refractivity contribution in [3.63, 3.8) is 0 Å². The van der Waals surface area contributed by atoms with Crippen LogP contribution in [0.4, 0.5) is 13.2 Å². The first kappa shape index (κ1) is 19.8. The highest BCUT2D eigenvalue weighted by molar-refractivity contribution is 6.32. The molecule has 1 N–H and O–H groups in total. The van der Waals surface area contributed by atoms with Crippen LogP contribution in [0, 0.1) is 5.92 Å². The maximum Gasteiger partial charge on any atom is 0.417 e. The topological polar surface area (TPSA) is 15.3 Å². The first-order valence-electron chi connectivity index (χ1n) is 8.29. The Morgan fingerprint density at radius 3 is 2.33 bits per heavy atom. The SMILES string of the molecule is Cl.FC(F)(F)c1cccc([C@H](C2CCCC2)N2CCNCC2)c1Cl. The van der Waals surface area contributed by atoms with Crippen molar-refractivity contribution in [2.24, 2.45) is 5.92 Å². The third-order valence-corrected chi connectivity index (χ3v) is 5.47. The molecule has 0 spiro atoms. The van der Waals surface area contributed by atoms with Crippen molar-refractivity contribution in [3.05, 3.63) is 34.3 Å². The molecule has 1 aromatic rings. The molecule has 2 aliphatic rings. The minimum absolute atomic E-state index is 0. The molecule has 1 heterocycles. The Hall–Kier alpha value is -0.490. The summed E-state index contributed by atoms with van der Waals surface area (Å²) in [6.45, 7) is 3.46. The zero-order valence-electron chi connectivity index (χ0n) is 13.4. The van der Waals surface area contributed by atoms with Gasteiger partial charge in [0.25, 0.3) is 0 Å². The van der Waals surface area contributed by atoms with Gasteiger partial charge in [-0.3, -0.25) is 4.90 Å². The second-order valence-electron chi connectivity index (χ2n) is 6.48. The molecule has 1 aromatic carbocycles. The molecule has 24 heavy (non-hydrogen) atoms. The van der Waals surface area contributed by atoms with Crippen molar-refractivity contribution in [1.82, 2.24) is 10.2 Å². The molecule has 0 bridgehead atoms. The van der Waals surface area contributed by atoms with Crippen molar-refractivity contribution in [3.8, 4) is 0 Å². The maximum absolute atomic E-state index is 13.2. The monoisotopic (exact) mass is 382 g/mol. The summed E-state index contributed by atoms with van der Waals surface area (Å²) in [5.74, 6) is 0.397. The van der Waals surface area contributed by atoms with Crippen LogP contribution >= 0.6 is 24.0 Å². The van der Waals surface area contributed by atoms with E-state index in [0.29, 0.717) is 11.5 Å². The second-order valence-corrected chi connectivity index (χ2v) is 6.86. The van der Waals surface area contributed by atoms with Gasteiger partial charge in [-0.1, -0.05) is 36.6 Å². The summed E-state index contributed by atoms with van der Waals surface area (Å²) < 4.78 is 39.6. The Morgan fingerprint density at radius 1 is 1.12 bits per heavy atom. The molecule has 0 unspecified atom stereocenters. The van der Waals surface area contributed by atoms with Crippen LogP contribution in [0.15, 0.2) is 18.2 Å². The number of piperazine rings is 1. The minimum atomic E-state index is -4.41. The molecule has 3 rings (SSSR count). The highest BCUT2D eigenvalue weighted by Crippen LogP contribution is 2.45. The molecule has 136 valence electrons. The van der Waals surface area contributed by atoms with E-state index < -0.39 is 11.7 Å². The molecule has 2 fully saturated rings. The van der Waals surface area contributed by atoms with Crippen LogP contribution in [-0.2, 0) is 6.18 Å². The lowest BCUT2D eigenvalue weighted by Crippen LogP contribution is -2.46. The summed E-state index contributed by atoms with van der Waals surface area (Å²) in [6, 6.07) is 4.35. The number of hydrogen-bond donors (Lipinski definition) is 1. The Kier molecular flexibility index (Phi) is 6.82. The summed E-state index contributed by atoms with van der Waals surface area (Å²) in [6.07, 6.45) is 0.0484. The van der Waals surface area contributed by atoms with Crippen LogP contribution in [0.5, 0.6) is 0 Å². The van der Waals surface area contributed by atoms with Crippen LogP contribution in [0.3, 0.4) is 0 Å². The van der Waals surface area contributed by atoms with Crippen LogP contribution in [-0.4, -0.2) is 31.1 Å². The molecular weight excluding hydrogens is 360 g/mol. The van der Waals surface area contributed by atoms with Gasteiger partial charge in [0, 0.05) is 32.2 Å². The van der Waals surface area contributed by atoms with Crippen LogP contribution in [0.25, 0.3) is 0 Å². The van der Waals surface area contributed by atoms with Gasteiger partial charge in [-0.05, 0) is 30.4 Å². The zero-order chi connectivity index (χ0) is 16.4. The molecule has 1 saturated carbocycles. The number of halogens is 5. The second kappa shape index (κ2) is 8.26. The van der Waals surface area contributed by atoms with Crippen molar-refractivity contribution in [2.45, 2.75) is 37.9 Å². The molecule has 0 amide bonds. The normalized spacial score (nSPS) is 21.5. The summed E-state index contributed by atoms with van der Waals surface area (Å²) in [7, 11) is 0. The van der Waals surface area contributed by atoms with Gasteiger partial charge in [0.05, 0.1) is 10.6 Å². The predicted molar refractivity (Wildman–Crippen MR) is 92.8 cm³/mol. The van der Waals surface area contributed by atoms with Gasteiger partial charge in [0.15, 0.2) is 0 Å². The summed E-state index contributed by atoms with van der Waals surface area (Å²) in [4.78, 5) is 2.31. The maximum atomic E-state index is 13.2. The predicted octanol–water partition coefficient (Wildman–Crippen LogP) is 4.92. The molecule has 1 atom stereocenters. The van der Waals surface area contributed by atoms with E-state index in [-0.39, 0.29) is 23.5 Å². The molecular formula is C17H23Cl2F3N2. The highest BCUT2D eigenvalue weighted by Gasteiger charge is 2.38. The summed E-state index contributed by atoms with van der Waals surface area (Å²) in [5, 5.41) is 3.19. The number of benzene rings is 1.